The van der Waals surface area contributed by atoms with E-state index in [0.717, 1.165) is 0 Å². The van der Waals surface area contributed by atoms with Gasteiger partial charge in [0.15, 0.2) is 5.92 Å². The smallest absolute Gasteiger partial charge is 0.405 e. The third kappa shape index (κ3) is 2.58. The second-order valence-electron chi connectivity index (χ2n) is 4.46. The second kappa shape index (κ2) is 5.14. The summed E-state index contributed by atoms with van der Waals surface area (Å²) in [6, 6.07) is 1.21. The van der Waals surface area contributed by atoms with Gasteiger partial charge in [-0.2, -0.15) is 18.4 Å². The van der Waals surface area contributed by atoms with Gasteiger partial charge in [-0.3, -0.25) is 9.69 Å². The van der Waals surface area contributed by atoms with Crippen LogP contribution in [0.25, 0.3) is 0 Å². The number of carboxylic acids is 1. The molecular weight excluding hydrogens is 249 g/mol. The molecule has 0 saturated carbocycles. The van der Waals surface area contributed by atoms with E-state index in [1.807, 2.05) is 0 Å². The molecule has 1 rings (SSSR count). The predicted molar refractivity (Wildman–Crippen MR) is 56.6 cm³/mol. The summed E-state index contributed by atoms with van der Waals surface area (Å²) in [6.45, 7) is 1.36. The number of carboxylic acid groups (broad SMARTS) is 1. The molecule has 1 aliphatic rings. The summed E-state index contributed by atoms with van der Waals surface area (Å²) in [5.41, 5.74) is -1.25. The maximum Gasteiger partial charge on any atom is 0.405 e. The number of halogens is 3. The van der Waals surface area contributed by atoms with Gasteiger partial charge in [0.25, 0.3) is 0 Å². The third-order valence-electron chi connectivity index (χ3n) is 3.56. The molecule has 102 valence electrons. The Kier molecular flexibility index (Phi) is 4.22. The Morgan fingerprint density at radius 3 is 2.61 bits per heavy atom. The highest BCUT2D eigenvalue weighted by Crippen LogP contribution is 2.36. The average molecular weight is 264 g/mol. The van der Waals surface area contributed by atoms with Crippen molar-refractivity contribution in [2.24, 2.45) is 5.92 Å². The minimum Gasteiger partial charge on any atom is -0.480 e. The number of alkyl halides is 3. The standard InChI is InChI=1S/C11H15F3N2O2/c1-2-10(9(17)18)4-3-5-16(10)7-8(6-15)11(12,13)14/h8H,2-5,7H2,1H3,(H,17,18). The van der Waals surface area contributed by atoms with Gasteiger partial charge >= 0.3 is 12.1 Å². The molecule has 2 unspecified atom stereocenters. The summed E-state index contributed by atoms with van der Waals surface area (Å²) in [5.74, 6) is -3.25. The van der Waals surface area contributed by atoms with Crippen molar-refractivity contribution in [3.8, 4) is 6.07 Å². The number of likely N-dealkylation sites (tertiary alicyclic amines) is 1. The van der Waals surface area contributed by atoms with Crippen LogP contribution in [0.5, 0.6) is 0 Å². The quantitative estimate of drug-likeness (QED) is 0.843. The molecule has 4 nitrogen and oxygen atoms in total. The van der Waals surface area contributed by atoms with Crippen molar-refractivity contribution in [3.05, 3.63) is 0 Å². The number of hydrogen-bond donors (Lipinski definition) is 1. The summed E-state index contributed by atoms with van der Waals surface area (Å²) in [4.78, 5) is 12.6. The van der Waals surface area contributed by atoms with E-state index >= 15 is 0 Å². The van der Waals surface area contributed by atoms with Gasteiger partial charge in [0.2, 0.25) is 0 Å². The minimum absolute atomic E-state index is 0.234. The van der Waals surface area contributed by atoms with Crippen molar-refractivity contribution in [1.82, 2.24) is 4.90 Å². The molecular formula is C11H15F3N2O2. The number of rotatable bonds is 4. The van der Waals surface area contributed by atoms with Crippen LogP contribution in [-0.4, -0.2) is 40.8 Å². The Labute approximate surface area is 103 Å². The van der Waals surface area contributed by atoms with Gasteiger partial charge in [0.1, 0.15) is 5.54 Å². The van der Waals surface area contributed by atoms with Gasteiger partial charge in [-0.1, -0.05) is 6.92 Å². The van der Waals surface area contributed by atoms with Gasteiger partial charge in [-0.05, 0) is 25.8 Å². The molecule has 0 aromatic heterocycles. The number of hydrogen-bond acceptors (Lipinski definition) is 3. The lowest BCUT2D eigenvalue weighted by molar-refractivity contribution is -0.171. The molecule has 2 atom stereocenters. The lowest BCUT2D eigenvalue weighted by Gasteiger charge is -2.35. The number of nitriles is 1. The molecule has 0 spiro atoms. The number of aliphatic carboxylic acids is 1. The summed E-state index contributed by atoms with van der Waals surface area (Å²) >= 11 is 0. The van der Waals surface area contributed by atoms with Crippen LogP contribution in [0.1, 0.15) is 26.2 Å². The average Bonchev–Trinajstić information content (AvgIpc) is 2.68. The minimum atomic E-state index is -4.62. The molecule has 1 heterocycles. The Morgan fingerprint density at radius 1 is 1.61 bits per heavy atom. The van der Waals surface area contributed by atoms with Crippen LogP contribution >= 0.6 is 0 Å². The van der Waals surface area contributed by atoms with Crippen molar-refractivity contribution in [2.45, 2.75) is 37.9 Å². The van der Waals surface area contributed by atoms with E-state index in [9.17, 15) is 23.1 Å². The van der Waals surface area contributed by atoms with Crippen LogP contribution in [0.2, 0.25) is 0 Å². The Bertz CT molecular complexity index is 364. The van der Waals surface area contributed by atoms with E-state index in [1.165, 1.54) is 11.0 Å². The van der Waals surface area contributed by atoms with Gasteiger partial charge in [0, 0.05) is 6.54 Å². The van der Waals surface area contributed by atoms with E-state index in [2.05, 4.69) is 0 Å². The first kappa shape index (κ1) is 14.8. The van der Waals surface area contributed by atoms with E-state index < -0.39 is 30.1 Å². The van der Waals surface area contributed by atoms with Crippen LogP contribution in [0.15, 0.2) is 0 Å². The van der Waals surface area contributed by atoms with E-state index in [4.69, 9.17) is 5.26 Å². The van der Waals surface area contributed by atoms with Crippen molar-refractivity contribution in [1.29, 1.82) is 5.26 Å². The molecule has 1 fully saturated rings. The Balaban J connectivity index is 2.89. The van der Waals surface area contributed by atoms with Crippen LogP contribution in [0, 0.1) is 17.2 Å². The second-order valence-corrected chi connectivity index (χ2v) is 4.46. The zero-order valence-electron chi connectivity index (χ0n) is 10.00. The molecule has 1 N–H and O–H groups in total. The molecule has 0 aliphatic carbocycles. The van der Waals surface area contributed by atoms with Gasteiger partial charge in [-0.15, -0.1) is 0 Å². The zero-order valence-corrected chi connectivity index (χ0v) is 10.00. The molecule has 1 saturated heterocycles. The fourth-order valence-electron chi connectivity index (χ4n) is 2.43. The zero-order chi connectivity index (χ0) is 14.0. The summed E-state index contributed by atoms with van der Waals surface area (Å²) in [6.07, 6.45) is -3.52. The van der Waals surface area contributed by atoms with Crippen LogP contribution in [-0.2, 0) is 4.79 Å². The van der Waals surface area contributed by atoms with Crippen LogP contribution < -0.4 is 0 Å². The van der Waals surface area contributed by atoms with Crippen molar-refractivity contribution >= 4 is 5.97 Å². The van der Waals surface area contributed by atoms with Crippen molar-refractivity contribution in [2.75, 3.05) is 13.1 Å². The maximum absolute atomic E-state index is 12.5. The highest BCUT2D eigenvalue weighted by molar-refractivity contribution is 5.79. The molecule has 1 aliphatic heterocycles. The van der Waals surface area contributed by atoms with E-state index in [0.29, 0.717) is 12.8 Å². The van der Waals surface area contributed by atoms with Gasteiger partial charge < -0.3 is 5.11 Å². The van der Waals surface area contributed by atoms with Crippen molar-refractivity contribution in [3.63, 3.8) is 0 Å². The first-order valence-electron chi connectivity index (χ1n) is 5.72. The normalized spacial score (nSPS) is 26.8. The fourth-order valence-corrected chi connectivity index (χ4v) is 2.43. The van der Waals surface area contributed by atoms with E-state index in [-0.39, 0.29) is 13.0 Å². The lowest BCUT2D eigenvalue weighted by atomic mass is 9.92. The lowest BCUT2D eigenvalue weighted by Crippen LogP contribution is -2.52. The van der Waals surface area contributed by atoms with E-state index in [1.54, 1.807) is 6.92 Å². The van der Waals surface area contributed by atoms with Gasteiger partial charge in [-0.25, -0.2) is 0 Å². The van der Waals surface area contributed by atoms with Crippen LogP contribution in [0.3, 0.4) is 0 Å². The van der Waals surface area contributed by atoms with Crippen LogP contribution in [0.4, 0.5) is 13.2 Å². The summed E-state index contributed by atoms with van der Waals surface area (Å²) < 4.78 is 37.6. The highest BCUT2D eigenvalue weighted by atomic mass is 19.4. The van der Waals surface area contributed by atoms with Gasteiger partial charge in [0.05, 0.1) is 6.07 Å². The Morgan fingerprint density at radius 2 is 2.22 bits per heavy atom. The molecule has 18 heavy (non-hydrogen) atoms. The summed E-state index contributed by atoms with van der Waals surface area (Å²) in [7, 11) is 0. The topological polar surface area (TPSA) is 64.3 Å². The molecule has 0 aromatic rings. The predicted octanol–water partition coefficient (Wildman–Crippen LogP) is 2.02. The van der Waals surface area contributed by atoms with Crippen molar-refractivity contribution < 1.29 is 23.1 Å². The molecule has 0 aromatic carbocycles. The summed E-state index contributed by atoms with van der Waals surface area (Å²) in [5, 5.41) is 17.8. The monoisotopic (exact) mass is 264 g/mol. The fraction of sp³-hybridized carbons (Fsp3) is 0.818. The maximum atomic E-state index is 12.5. The number of nitrogens with zero attached hydrogens (tertiary/aromatic N) is 2. The number of carbonyl (C=O) groups is 1. The SMILES string of the molecule is CCC1(C(=O)O)CCCN1CC(C#N)C(F)(F)F. The first-order valence-corrected chi connectivity index (χ1v) is 5.72. The third-order valence-corrected chi connectivity index (χ3v) is 3.56. The molecule has 0 amide bonds. The highest BCUT2D eigenvalue weighted by Gasteiger charge is 2.50. The molecule has 0 radical (unpaired) electrons. The molecule has 0 bridgehead atoms. The Hall–Kier alpha value is -1.29. The first-order chi connectivity index (χ1) is 8.28. The largest absolute Gasteiger partial charge is 0.480 e. The molecule has 7 heteroatoms.